The van der Waals surface area contributed by atoms with Crippen molar-refractivity contribution in [3.8, 4) is 0 Å². The normalized spacial score (nSPS) is 17.8. The van der Waals surface area contributed by atoms with Crippen LogP contribution in [0.15, 0.2) is 24.0 Å². The van der Waals surface area contributed by atoms with E-state index in [1.807, 2.05) is 0 Å². The van der Waals surface area contributed by atoms with Gasteiger partial charge in [-0.15, -0.1) is 0 Å². The standard InChI is InChI=1S/C5H4ClF3N2/c6-11-2-1-4(3-10-11)5(7,8)9/h1-3,10H. The maximum absolute atomic E-state index is 11.8. The number of halogens is 4. The minimum Gasteiger partial charge on any atom is -0.291 e. The molecule has 1 rings (SSSR count). The largest absolute Gasteiger partial charge is 0.417 e. The van der Waals surface area contributed by atoms with Gasteiger partial charge in [0.1, 0.15) is 0 Å². The average molecular weight is 185 g/mol. The molecule has 11 heavy (non-hydrogen) atoms. The van der Waals surface area contributed by atoms with Crippen molar-refractivity contribution in [3.63, 3.8) is 0 Å². The Labute approximate surface area is 66.0 Å². The van der Waals surface area contributed by atoms with Gasteiger partial charge in [0.2, 0.25) is 0 Å². The summed E-state index contributed by atoms with van der Waals surface area (Å²) in [5.74, 6) is 0. The Bertz CT molecular complexity index is 208. The minimum atomic E-state index is -4.32. The predicted molar refractivity (Wildman–Crippen MR) is 34.1 cm³/mol. The molecule has 0 aromatic rings. The number of rotatable bonds is 0. The van der Waals surface area contributed by atoms with Gasteiger partial charge in [0.15, 0.2) is 0 Å². The van der Waals surface area contributed by atoms with Gasteiger partial charge >= 0.3 is 6.18 Å². The maximum atomic E-state index is 11.8. The molecule has 0 aromatic heterocycles. The Morgan fingerprint density at radius 2 is 2.09 bits per heavy atom. The van der Waals surface area contributed by atoms with Crippen molar-refractivity contribution in [2.24, 2.45) is 0 Å². The van der Waals surface area contributed by atoms with Crippen molar-refractivity contribution >= 4 is 11.8 Å². The maximum Gasteiger partial charge on any atom is 0.417 e. The molecule has 6 heteroatoms. The molecule has 0 aliphatic carbocycles. The highest BCUT2D eigenvalue weighted by molar-refractivity contribution is 6.13. The van der Waals surface area contributed by atoms with Gasteiger partial charge in [-0.1, -0.05) is 0 Å². The third kappa shape index (κ3) is 2.04. The van der Waals surface area contributed by atoms with Crippen LogP contribution in [0.25, 0.3) is 0 Å². The van der Waals surface area contributed by atoms with Gasteiger partial charge in [-0.05, 0) is 6.08 Å². The Balaban J connectivity index is 2.71. The molecule has 1 N–H and O–H groups in total. The minimum absolute atomic E-state index is 0.755. The molecular formula is C5H4ClF3N2. The van der Waals surface area contributed by atoms with E-state index in [9.17, 15) is 13.2 Å². The van der Waals surface area contributed by atoms with E-state index in [-0.39, 0.29) is 0 Å². The molecule has 0 saturated carbocycles. The van der Waals surface area contributed by atoms with Gasteiger partial charge in [0.05, 0.1) is 5.57 Å². The molecule has 0 aromatic carbocycles. The fourth-order valence-corrected chi connectivity index (χ4v) is 0.650. The molecule has 0 spiro atoms. The van der Waals surface area contributed by atoms with Crippen molar-refractivity contribution in [3.05, 3.63) is 24.0 Å². The second-order valence-electron chi connectivity index (χ2n) is 1.85. The summed E-state index contributed by atoms with van der Waals surface area (Å²) in [6, 6.07) is 0. The van der Waals surface area contributed by atoms with Gasteiger partial charge in [0.25, 0.3) is 0 Å². The highest BCUT2D eigenvalue weighted by Crippen LogP contribution is 2.27. The lowest BCUT2D eigenvalue weighted by molar-refractivity contribution is -0.0891. The van der Waals surface area contributed by atoms with Crippen LogP contribution in [0.4, 0.5) is 13.2 Å². The van der Waals surface area contributed by atoms with E-state index in [1.165, 1.54) is 0 Å². The SMILES string of the molecule is FC(F)(F)C1=CNN(Cl)C=C1. The monoisotopic (exact) mass is 184 g/mol. The van der Waals surface area contributed by atoms with Crippen LogP contribution in [0.3, 0.4) is 0 Å². The predicted octanol–water partition coefficient (Wildman–Crippen LogP) is 1.92. The number of hydrogen-bond acceptors (Lipinski definition) is 2. The zero-order valence-corrected chi connectivity index (χ0v) is 5.95. The van der Waals surface area contributed by atoms with E-state index in [0.29, 0.717) is 0 Å². The van der Waals surface area contributed by atoms with E-state index in [0.717, 1.165) is 23.0 Å². The Kier molecular flexibility index (Phi) is 1.99. The lowest BCUT2D eigenvalue weighted by atomic mass is 10.2. The molecule has 0 fully saturated rings. The summed E-state index contributed by atoms with van der Waals surface area (Å²) < 4.78 is 36.4. The van der Waals surface area contributed by atoms with Gasteiger partial charge in [-0.3, -0.25) is 5.43 Å². The van der Waals surface area contributed by atoms with Gasteiger partial charge < -0.3 is 0 Å². The topological polar surface area (TPSA) is 15.3 Å². The summed E-state index contributed by atoms with van der Waals surface area (Å²) in [7, 11) is 0. The zero-order valence-electron chi connectivity index (χ0n) is 5.19. The summed E-state index contributed by atoms with van der Waals surface area (Å²) in [4.78, 5) is 0. The molecule has 1 aliphatic rings. The van der Waals surface area contributed by atoms with E-state index in [4.69, 9.17) is 11.8 Å². The molecule has 0 atom stereocenters. The van der Waals surface area contributed by atoms with Crippen LogP contribution >= 0.6 is 11.8 Å². The first-order chi connectivity index (χ1) is 5.00. The zero-order chi connectivity index (χ0) is 8.48. The van der Waals surface area contributed by atoms with E-state index < -0.39 is 11.7 Å². The van der Waals surface area contributed by atoms with Crippen LogP contribution in [-0.4, -0.2) is 10.7 Å². The van der Waals surface area contributed by atoms with Gasteiger partial charge in [-0.2, -0.15) is 13.2 Å². The van der Waals surface area contributed by atoms with Crippen LogP contribution in [-0.2, 0) is 0 Å². The lowest BCUT2D eigenvalue weighted by Crippen LogP contribution is -2.25. The number of hydrazine groups is 1. The molecule has 62 valence electrons. The summed E-state index contributed by atoms with van der Waals surface area (Å²) in [5.41, 5.74) is 1.41. The molecule has 2 nitrogen and oxygen atoms in total. The first-order valence-electron chi connectivity index (χ1n) is 2.67. The van der Waals surface area contributed by atoms with E-state index >= 15 is 0 Å². The van der Waals surface area contributed by atoms with Crippen LogP contribution in [0.1, 0.15) is 0 Å². The molecule has 0 amide bonds. The van der Waals surface area contributed by atoms with Crippen LogP contribution in [0.5, 0.6) is 0 Å². The van der Waals surface area contributed by atoms with Crippen molar-refractivity contribution in [1.82, 2.24) is 9.95 Å². The highest BCUT2D eigenvalue weighted by Gasteiger charge is 2.32. The summed E-state index contributed by atoms with van der Waals surface area (Å²) in [5, 5.41) is 0. The average Bonchev–Trinajstić information content (AvgIpc) is 1.86. The number of allylic oxidation sites excluding steroid dienone is 2. The second-order valence-corrected chi connectivity index (χ2v) is 2.22. The highest BCUT2D eigenvalue weighted by atomic mass is 35.5. The number of alkyl halides is 3. The summed E-state index contributed by atoms with van der Waals surface area (Å²) >= 11 is 5.26. The molecule has 0 radical (unpaired) electrons. The first kappa shape index (κ1) is 8.26. The quantitative estimate of drug-likeness (QED) is 0.579. The van der Waals surface area contributed by atoms with E-state index in [2.05, 4.69) is 5.43 Å². The van der Waals surface area contributed by atoms with Crippen molar-refractivity contribution in [1.29, 1.82) is 0 Å². The van der Waals surface area contributed by atoms with Crippen LogP contribution in [0, 0.1) is 0 Å². The fourth-order valence-electron chi connectivity index (χ4n) is 0.544. The second kappa shape index (κ2) is 2.65. The van der Waals surface area contributed by atoms with Crippen molar-refractivity contribution in [2.75, 3.05) is 0 Å². The molecule has 0 bridgehead atoms. The fraction of sp³-hybridized carbons (Fsp3) is 0.200. The third-order valence-corrected chi connectivity index (χ3v) is 1.27. The van der Waals surface area contributed by atoms with E-state index in [1.54, 1.807) is 0 Å². The molecule has 1 aliphatic heterocycles. The van der Waals surface area contributed by atoms with Crippen LogP contribution < -0.4 is 5.43 Å². The first-order valence-corrected chi connectivity index (χ1v) is 3.01. The van der Waals surface area contributed by atoms with Crippen molar-refractivity contribution in [2.45, 2.75) is 6.18 Å². The van der Waals surface area contributed by atoms with Gasteiger partial charge in [-0.25, -0.2) is 4.53 Å². The molecule has 0 saturated heterocycles. The van der Waals surface area contributed by atoms with Gasteiger partial charge in [0, 0.05) is 24.2 Å². The molecule has 1 heterocycles. The third-order valence-electron chi connectivity index (χ3n) is 1.06. The summed E-state index contributed by atoms with van der Waals surface area (Å²) in [6.45, 7) is 0. The molecule has 0 unspecified atom stereocenters. The number of nitrogens with one attached hydrogen (secondary N) is 1. The Morgan fingerprint density at radius 3 is 2.45 bits per heavy atom. The van der Waals surface area contributed by atoms with Crippen molar-refractivity contribution < 1.29 is 13.2 Å². The number of hydrogen-bond donors (Lipinski definition) is 1. The smallest absolute Gasteiger partial charge is 0.291 e. The Morgan fingerprint density at radius 1 is 1.45 bits per heavy atom. The number of nitrogens with zero attached hydrogens (tertiary/aromatic N) is 1. The lowest BCUT2D eigenvalue weighted by Gasteiger charge is -2.17. The van der Waals surface area contributed by atoms with Crippen LogP contribution in [0.2, 0.25) is 0 Å². The Hall–Kier alpha value is -0.840. The summed E-state index contributed by atoms with van der Waals surface area (Å²) in [6.07, 6.45) is -1.58. The molecular weight excluding hydrogens is 181 g/mol.